The van der Waals surface area contributed by atoms with E-state index in [1.54, 1.807) is 36.2 Å². The minimum absolute atomic E-state index is 0.00953. The largest absolute Gasteiger partial charge is 0.480 e. The Hall–Kier alpha value is -4.41. The van der Waals surface area contributed by atoms with Gasteiger partial charge >= 0.3 is 5.97 Å². The number of nitro groups is 1. The van der Waals surface area contributed by atoms with E-state index in [0.29, 0.717) is 31.9 Å². The van der Waals surface area contributed by atoms with Crippen molar-refractivity contribution in [3.63, 3.8) is 0 Å². The quantitative estimate of drug-likeness (QED) is 0.275. The van der Waals surface area contributed by atoms with E-state index in [1.165, 1.54) is 10.7 Å². The van der Waals surface area contributed by atoms with E-state index in [0.717, 1.165) is 5.69 Å². The van der Waals surface area contributed by atoms with Crippen LogP contribution in [0.1, 0.15) is 17.4 Å². The van der Waals surface area contributed by atoms with Crippen molar-refractivity contribution < 1.29 is 24.0 Å². The molecular formula is C24H25N5O6. The topological polar surface area (TPSA) is 120 Å². The third kappa shape index (κ3) is 5.40. The normalized spacial score (nSPS) is 13.4. The Balaban J connectivity index is 1.40. The number of piperazine rings is 1. The van der Waals surface area contributed by atoms with Gasteiger partial charge in [-0.15, -0.1) is 0 Å². The highest BCUT2D eigenvalue weighted by Crippen LogP contribution is 2.28. The van der Waals surface area contributed by atoms with Crippen LogP contribution in [0.2, 0.25) is 0 Å². The van der Waals surface area contributed by atoms with E-state index in [2.05, 4.69) is 5.10 Å². The molecule has 182 valence electrons. The van der Waals surface area contributed by atoms with Crippen LogP contribution in [-0.4, -0.2) is 70.9 Å². The molecule has 0 radical (unpaired) electrons. The summed E-state index contributed by atoms with van der Waals surface area (Å²) in [5.74, 6) is -0.739. The lowest BCUT2D eigenvalue weighted by Gasteiger charge is -2.35. The van der Waals surface area contributed by atoms with Crippen LogP contribution in [0, 0.1) is 10.1 Å². The van der Waals surface area contributed by atoms with Crippen LogP contribution in [0.5, 0.6) is 5.75 Å². The molecule has 0 bridgehead atoms. The number of nitrogens with zero attached hydrogens (tertiary/aromatic N) is 5. The molecule has 4 rings (SSSR count). The number of carbonyl (C=O) groups excluding carboxylic acids is 2. The summed E-state index contributed by atoms with van der Waals surface area (Å²) in [7, 11) is 0. The lowest BCUT2D eigenvalue weighted by molar-refractivity contribution is -0.384. The lowest BCUT2D eigenvalue weighted by atomic mass is 10.2. The van der Waals surface area contributed by atoms with Crippen LogP contribution >= 0.6 is 0 Å². The number of carbonyl (C=O) groups is 2. The first-order valence-corrected chi connectivity index (χ1v) is 11.2. The van der Waals surface area contributed by atoms with Crippen LogP contribution in [0.25, 0.3) is 5.69 Å². The van der Waals surface area contributed by atoms with E-state index in [-0.39, 0.29) is 36.3 Å². The molecule has 1 aliphatic rings. The molecule has 3 aromatic rings. The standard InChI is InChI=1S/C24H25N5O6/c1-2-34-24(31)23-21(16-28(25-23)18-8-4-3-5-9-18)35-17-22(30)27-14-12-26(13-15-27)19-10-6-7-11-20(19)29(32)33/h3-11,16H,2,12-15,17H2,1H3. The molecule has 0 atom stereocenters. The molecule has 0 aliphatic carbocycles. The molecule has 0 unspecified atom stereocenters. The van der Waals surface area contributed by atoms with Crippen molar-refractivity contribution in [2.45, 2.75) is 6.92 Å². The summed E-state index contributed by atoms with van der Waals surface area (Å²) >= 11 is 0. The number of benzene rings is 2. The molecule has 1 fully saturated rings. The highest BCUT2D eigenvalue weighted by Gasteiger charge is 2.27. The fourth-order valence-corrected chi connectivity index (χ4v) is 3.83. The highest BCUT2D eigenvalue weighted by atomic mass is 16.6. The smallest absolute Gasteiger partial charge is 0.362 e. The second-order valence-corrected chi connectivity index (χ2v) is 7.74. The molecule has 1 aromatic heterocycles. The summed E-state index contributed by atoms with van der Waals surface area (Å²) in [6, 6.07) is 15.8. The molecular weight excluding hydrogens is 454 g/mol. The number of para-hydroxylation sites is 3. The first kappa shape index (κ1) is 23.7. The minimum atomic E-state index is -0.636. The van der Waals surface area contributed by atoms with Crippen molar-refractivity contribution >= 4 is 23.3 Å². The van der Waals surface area contributed by atoms with Gasteiger partial charge in [-0.3, -0.25) is 14.9 Å². The van der Waals surface area contributed by atoms with Gasteiger partial charge in [0.05, 0.1) is 23.4 Å². The number of anilines is 1. The molecule has 2 aromatic carbocycles. The Bertz CT molecular complexity index is 1200. The maximum atomic E-state index is 12.8. The summed E-state index contributed by atoms with van der Waals surface area (Å²) in [6.45, 7) is 3.29. The van der Waals surface area contributed by atoms with Crippen molar-refractivity contribution in [2.24, 2.45) is 0 Å². The SMILES string of the molecule is CCOC(=O)c1nn(-c2ccccc2)cc1OCC(=O)N1CCN(c2ccccc2[N+](=O)[O-])CC1. The zero-order valence-electron chi connectivity index (χ0n) is 19.2. The van der Waals surface area contributed by atoms with Crippen molar-refractivity contribution in [1.82, 2.24) is 14.7 Å². The maximum Gasteiger partial charge on any atom is 0.362 e. The van der Waals surface area contributed by atoms with Crippen molar-refractivity contribution in [1.29, 1.82) is 0 Å². The number of hydrogen-bond acceptors (Lipinski definition) is 8. The van der Waals surface area contributed by atoms with Crippen molar-refractivity contribution in [3.8, 4) is 11.4 Å². The Morgan fingerprint density at radius 3 is 2.40 bits per heavy atom. The second kappa shape index (κ2) is 10.7. The van der Waals surface area contributed by atoms with Gasteiger partial charge < -0.3 is 19.3 Å². The lowest BCUT2D eigenvalue weighted by Crippen LogP contribution is -2.50. The number of ether oxygens (including phenoxy) is 2. The third-order valence-corrected chi connectivity index (χ3v) is 5.57. The Labute approximate surface area is 201 Å². The van der Waals surface area contributed by atoms with E-state index >= 15 is 0 Å². The first-order valence-electron chi connectivity index (χ1n) is 11.2. The van der Waals surface area contributed by atoms with Gasteiger partial charge in [-0.25, -0.2) is 9.48 Å². The molecule has 1 amide bonds. The number of amides is 1. The van der Waals surface area contributed by atoms with Gasteiger partial charge in [0.15, 0.2) is 12.4 Å². The summed E-state index contributed by atoms with van der Waals surface area (Å²) in [6.07, 6.45) is 1.54. The predicted molar refractivity (Wildman–Crippen MR) is 127 cm³/mol. The molecule has 2 heterocycles. The molecule has 35 heavy (non-hydrogen) atoms. The van der Waals surface area contributed by atoms with E-state index in [9.17, 15) is 19.7 Å². The molecule has 1 saturated heterocycles. The van der Waals surface area contributed by atoms with E-state index in [1.807, 2.05) is 35.2 Å². The first-order chi connectivity index (χ1) is 17.0. The van der Waals surface area contributed by atoms with Gasteiger partial charge in [0.2, 0.25) is 5.69 Å². The number of aromatic nitrogens is 2. The number of esters is 1. The van der Waals surface area contributed by atoms with Gasteiger partial charge in [-0.1, -0.05) is 30.3 Å². The average molecular weight is 479 g/mol. The molecule has 1 aliphatic heterocycles. The monoisotopic (exact) mass is 479 g/mol. The Morgan fingerprint density at radius 2 is 1.71 bits per heavy atom. The molecule has 11 nitrogen and oxygen atoms in total. The van der Waals surface area contributed by atoms with Crippen LogP contribution in [-0.2, 0) is 9.53 Å². The van der Waals surface area contributed by atoms with E-state index in [4.69, 9.17) is 9.47 Å². The third-order valence-electron chi connectivity index (χ3n) is 5.57. The summed E-state index contributed by atoms with van der Waals surface area (Å²) < 4.78 is 12.3. The zero-order chi connectivity index (χ0) is 24.8. The number of hydrogen-bond donors (Lipinski definition) is 0. The molecule has 0 saturated carbocycles. The van der Waals surface area contributed by atoms with Gasteiger partial charge in [-0.05, 0) is 25.1 Å². The highest BCUT2D eigenvalue weighted by molar-refractivity contribution is 5.90. The van der Waals surface area contributed by atoms with Crippen LogP contribution < -0.4 is 9.64 Å². The van der Waals surface area contributed by atoms with Crippen LogP contribution in [0.15, 0.2) is 60.8 Å². The molecule has 11 heteroatoms. The number of nitro benzene ring substituents is 1. The Morgan fingerprint density at radius 1 is 1.03 bits per heavy atom. The molecule has 0 N–H and O–H groups in total. The minimum Gasteiger partial charge on any atom is -0.480 e. The van der Waals surface area contributed by atoms with Crippen LogP contribution in [0.4, 0.5) is 11.4 Å². The van der Waals surface area contributed by atoms with Gasteiger partial charge in [0.25, 0.3) is 11.6 Å². The van der Waals surface area contributed by atoms with Gasteiger partial charge in [0.1, 0.15) is 5.69 Å². The summed E-state index contributed by atoms with van der Waals surface area (Å²) in [4.78, 5) is 39.6. The number of rotatable bonds is 8. The van der Waals surface area contributed by atoms with E-state index < -0.39 is 10.9 Å². The fraction of sp³-hybridized carbons (Fsp3) is 0.292. The second-order valence-electron chi connectivity index (χ2n) is 7.74. The predicted octanol–water partition coefficient (Wildman–Crippen LogP) is 2.68. The summed E-state index contributed by atoms with van der Waals surface area (Å²) in [5.41, 5.74) is 1.29. The zero-order valence-corrected chi connectivity index (χ0v) is 19.2. The van der Waals surface area contributed by atoms with Crippen molar-refractivity contribution in [3.05, 3.63) is 76.6 Å². The van der Waals surface area contributed by atoms with Crippen LogP contribution in [0.3, 0.4) is 0 Å². The Kier molecular flexibility index (Phi) is 7.24. The van der Waals surface area contributed by atoms with Gasteiger partial charge in [-0.2, -0.15) is 5.10 Å². The average Bonchev–Trinajstić information content (AvgIpc) is 3.32. The van der Waals surface area contributed by atoms with Crippen molar-refractivity contribution in [2.75, 3.05) is 44.3 Å². The summed E-state index contributed by atoms with van der Waals surface area (Å²) in [5, 5.41) is 15.6. The van der Waals surface area contributed by atoms with Gasteiger partial charge in [0, 0.05) is 32.2 Å². The maximum absolute atomic E-state index is 12.8. The molecule has 0 spiro atoms. The fourth-order valence-electron chi connectivity index (χ4n) is 3.83.